The quantitative estimate of drug-likeness (QED) is 0.248. The third kappa shape index (κ3) is 5.40. The lowest BCUT2D eigenvalue weighted by Crippen LogP contribution is -2.35. The standard InChI is InChI=1S/C32H31FN6O3/c1-38(31(41)26(34)21-7-3-2-4-8-21)23-15-13-20(14-16-23)24(17-22-9-5-6-10-25(22)33)28-35-27-29(36-28)39(18-19-11-12-19)32(42)37-30(27)40/h2-10,13-16,19,24,26H,11-12,17-18,34H2,1H3,(H,35,36)(H,37,40,42). The van der Waals surface area contributed by atoms with E-state index in [4.69, 9.17) is 10.7 Å². The van der Waals surface area contributed by atoms with Crippen LogP contribution in [0.25, 0.3) is 11.2 Å². The SMILES string of the molecule is CN(C(=O)C(N)c1ccccc1)c1ccc(C(Cc2ccccc2F)c2nc3c([nH]2)c(=O)[nH]c(=O)n3CC2CC2)cc1. The average molecular weight is 567 g/mol. The van der Waals surface area contributed by atoms with Crippen molar-refractivity contribution >= 4 is 22.8 Å². The van der Waals surface area contributed by atoms with Gasteiger partial charge in [-0.05, 0) is 60.1 Å². The van der Waals surface area contributed by atoms with E-state index in [0.29, 0.717) is 35.2 Å². The summed E-state index contributed by atoms with van der Waals surface area (Å²) in [6.07, 6.45) is 2.31. The number of halogens is 1. The van der Waals surface area contributed by atoms with Gasteiger partial charge < -0.3 is 15.6 Å². The van der Waals surface area contributed by atoms with Crippen LogP contribution < -0.4 is 21.9 Å². The lowest BCUT2D eigenvalue weighted by molar-refractivity contribution is -0.119. The summed E-state index contributed by atoms with van der Waals surface area (Å²) in [5, 5.41) is 0. The molecule has 0 bridgehead atoms. The number of H-pyrrole nitrogens is 2. The van der Waals surface area contributed by atoms with Crippen LogP contribution in [0.15, 0.2) is 88.5 Å². The van der Waals surface area contributed by atoms with Gasteiger partial charge in [-0.2, -0.15) is 0 Å². The molecule has 4 N–H and O–H groups in total. The molecule has 2 heterocycles. The first-order valence-electron chi connectivity index (χ1n) is 13.9. The minimum absolute atomic E-state index is 0.209. The number of nitrogens with one attached hydrogen (secondary N) is 2. The molecule has 1 aliphatic carbocycles. The van der Waals surface area contributed by atoms with Crippen molar-refractivity contribution < 1.29 is 9.18 Å². The molecule has 0 saturated heterocycles. The van der Waals surface area contributed by atoms with Crippen molar-refractivity contribution in [3.63, 3.8) is 0 Å². The van der Waals surface area contributed by atoms with E-state index in [9.17, 15) is 18.8 Å². The maximum absolute atomic E-state index is 14.8. The number of aromatic nitrogens is 4. The Hall–Kier alpha value is -4.83. The monoisotopic (exact) mass is 566 g/mol. The Balaban J connectivity index is 1.36. The number of hydrogen-bond donors (Lipinski definition) is 3. The number of aromatic amines is 2. The van der Waals surface area contributed by atoms with Gasteiger partial charge in [0.25, 0.3) is 5.56 Å². The third-order valence-corrected chi connectivity index (χ3v) is 7.94. The molecule has 0 radical (unpaired) electrons. The second-order valence-corrected chi connectivity index (χ2v) is 10.9. The lowest BCUT2D eigenvalue weighted by atomic mass is 9.91. The highest BCUT2D eigenvalue weighted by atomic mass is 19.1. The number of rotatable bonds is 9. The number of fused-ring (bicyclic) bond motifs is 1. The topological polar surface area (TPSA) is 130 Å². The molecule has 5 aromatic rings. The Morgan fingerprint density at radius 2 is 1.69 bits per heavy atom. The molecule has 1 amide bonds. The van der Waals surface area contributed by atoms with Gasteiger partial charge in [0.15, 0.2) is 5.65 Å². The van der Waals surface area contributed by atoms with E-state index in [1.807, 2.05) is 42.5 Å². The molecular weight excluding hydrogens is 535 g/mol. The molecule has 0 aliphatic heterocycles. The zero-order valence-corrected chi connectivity index (χ0v) is 23.1. The largest absolute Gasteiger partial charge is 0.336 e. The van der Waals surface area contributed by atoms with E-state index in [-0.39, 0.29) is 23.7 Å². The predicted octanol–water partition coefficient (Wildman–Crippen LogP) is 4.00. The first-order valence-corrected chi connectivity index (χ1v) is 13.9. The average Bonchev–Trinajstić information content (AvgIpc) is 3.73. The van der Waals surface area contributed by atoms with Crippen molar-refractivity contribution in [3.05, 3.63) is 128 Å². The number of benzene rings is 3. The molecule has 1 aliphatic rings. The van der Waals surface area contributed by atoms with Gasteiger partial charge >= 0.3 is 5.69 Å². The van der Waals surface area contributed by atoms with E-state index in [1.165, 1.54) is 15.5 Å². The van der Waals surface area contributed by atoms with Crippen LogP contribution in [0.3, 0.4) is 0 Å². The summed E-state index contributed by atoms with van der Waals surface area (Å²) >= 11 is 0. The van der Waals surface area contributed by atoms with Gasteiger partial charge in [0, 0.05) is 25.2 Å². The molecule has 6 rings (SSSR count). The second-order valence-electron chi connectivity index (χ2n) is 10.9. The molecule has 2 aromatic heterocycles. The van der Waals surface area contributed by atoms with E-state index >= 15 is 0 Å². The van der Waals surface area contributed by atoms with Crippen LogP contribution in [0.5, 0.6) is 0 Å². The number of anilines is 1. The Bertz CT molecular complexity index is 1860. The highest BCUT2D eigenvalue weighted by Gasteiger charge is 2.27. The van der Waals surface area contributed by atoms with Gasteiger partial charge in [-0.15, -0.1) is 0 Å². The molecule has 9 nitrogen and oxygen atoms in total. The Morgan fingerprint density at radius 3 is 2.38 bits per heavy atom. The Labute approximate surface area is 240 Å². The van der Waals surface area contributed by atoms with Crippen LogP contribution in [0.4, 0.5) is 10.1 Å². The summed E-state index contributed by atoms with van der Waals surface area (Å²) in [5.74, 6) is -0.258. The summed E-state index contributed by atoms with van der Waals surface area (Å²) in [6, 6.07) is 22.2. The Kier molecular flexibility index (Phi) is 7.30. The number of carbonyl (C=O) groups excluding carboxylic acids is 1. The van der Waals surface area contributed by atoms with E-state index in [1.54, 1.807) is 37.4 Å². The maximum atomic E-state index is 14.8. The number of likely N-dealkylation sites (N-methyl/N-ethyl adjacent to an activating group) is 1. The highest BCUT2D eigenvalue weighted by molar-refractivity contribution is 5.97. The van der Waals surface area contributed by atoms with Crippen molar-refractivity contribution in [3.8, 4) is 0 Å². The van der Waals surface area contributed by atoms with Crippen LogP contribution in [0.1, 0.15) is 47.3 Å². The van der Waals surface area contributed by atoms with Crippen LogP contribution in [0.2, 0.25) is 0 Å². The van der Waals surface area contributed by atoms with Crippen molar-refractivity contribution in [1.82, 2.24) is 19.5 Å². The summed E-state index contributed by atoms with van der Waals surface area (Å²) in [6.45, 7) is 0.481. The van der Waals surface area contributed by atoms with E-state index < -0.39 is 23.2 Å². The Morgan fingerprint density at radius 1 is 1.00 bits per heavy atom. The van der Waals surface area contributed by atoms with Gasteiger partial charge in [-0.1, -0.05) is 60.7 Å². The summed E-state index contributed by atoms with van der Waals surface area (Å²) in [7, 11) is 1.67. The maximum Gasteiger partial charge on any atom is 0.330 e. The summed E-state index contributed by atoms with van der Waals surface area (Å²) < 4.78 is 16.3. The first-order chi connectivity index (χ1) is 20.3. The fourth-order valence-corrected chi connectivity index (χ4v) is 5.28. The van der Waals surface area contributed by atoms with Crippen LogP contribution in [-0.4, -0.2) is 32.5 Å². The number of amides is 1. The fourth-order valence-electron chi connectivity index (χ4n) is 5.28. The van der Waals surface area contributed by atoms with E-state index in [0.717, 1.165) is 24.0 Å². The molecule has 3 aromatic carbocycles. The van der Waals surface area contributed by atoms with Crippen molar-refractivity contribution in [2.45, 2.75) is 37.8 Å². The number of nitrogens with zero attached hydrogens (tertiary/aromatic N) is 3. The molecule has 42 heavy (non-hydrogen) atoms. The molecule has 2 atom stereocenters. The smallest absolute Gasteiger partial charge is 0.330 e. The molecule has 10 heteroatoms. The van der Waals surface area contributed by atoms with E-state index in [2.05, 4.69) is 9.97 Å². The van der Waals surface area contributed by atoms with Crippen LogP contribution in [0, 0.1) is 11.7 Å². The molecule has 214 valence electrons. The van der Waals surface area contributed by atoms with Crippen LogP contribution in [-0.2, 0) is 17.8 Å². The normalized spacial score (nSPS) is 14.5. The van der Waals surface area contributed by atoms with Gasteiger partial charge in [-0.3, -0.25) is 19.1 Å². The van der Waals surface area contributed by atoms with Crippen LogP contribution >= 0.6 is 0 Å². The molecule has 1 fully saturated rings. The third-order valence-electron chi connectivity index (χ3n) is 7.94. The number of imidazole rings is 1. The van der Waals surface area contributed by atoms with Crippen molar-refractivity contribution in [2.24, 2.45) is 11.7 Å². The fraction of sp³-hybridized carbons (Fsp3) is 0.250. The molecule has 2 unspecified atom stereocenters. The summed E-state index contributed by atoms with van der Waals surface area (Å²) in [5.41, 5.74) is 8.34. The zero-order valence-electron chi connectivity index (χ0n) is 23.1. The highest BCUT2D eigenvalue weighted by Crippen LogP contribution is 2.32. The minimum atomic E-state index is -0.813. The minimum Gasteiger partial charge on any atom is -0.336 e. The van der Waals surface area contributed by atoms with Crippen molar-refractivity contribution in [1.29, 1.82) is 0 Å². The van der Waals surface area contributed by atoms with Gasteiger partial charge in [0.05, 0.1) is 0 Å². The predicted molar refractivity (Wildman–Crippen MR) is 159 cm³/mol. The zero-order chi connectivity index (χ0) is 29.4. The van der Waals surface area contributed by atoms with Gasteiger partial charge in [0.2, 0.25) is 5.91 Å². The van der Waals surface area contributed by atoms with Gasteiger partial charge in [-0.25, -0.2) is 14.2 Å². The molecule has 1 saturated carbocycles. The molecule has 0 spiro atoms. The number of hydrogen-bond acceptors (Lipinski definition) is 5. The molecular formula is C32H31FN6O3. The second kappa shape index (κ2) is 11.2. The lowest BCUT2D eigenvalue weighted by Gasteiger charge is -2.23. The van der Waals surface area contributed by atoms with Crippen molar-refractivity contribution in [2.75, 3.05) is 11.9 Å². The first kappa shape index (κ1) is 27.3. The number of carbonyl (C=O) groups is 1. The van der Waals surface area contributed by atoms with Gasteiger partial charge in [0.1, 0.15) is 23.2 Å². The number of nitrogens with two attached hydrogens (primary N) is 1. The summed E-state index contributed by atoms with van der Waals surface area (Å²) in [4.78, 5) is 50.3.